The third-order valence-electron chi connectivity index (χ3n) is 4.76. The van der Waals surface area contributed by atoms with E-state index in [0.29, 0.717) is 18.7 Å². The van der Waals surface area contributed by atoms with Gasteiger partial charge in [-0.25, -0.2) is 9.97 Å². The molecule has 3 aromatic rings. The van der Waals surface area contributed by atoms with Crippen molar-refractivity contribution in [1.29, 1.82) is 0 Å². The van der Waals surface area contributed by atoms with Gasteiger partial charge < -0.3 is 5.32 Å². The summed E-state index contributed by atoms with van der Waals surface area (Å²) in [5.41, 5.74) is 4.89. The first-order valence-corrected chi connectivity index (χ1v) is 8.79. The van der Waals surface area contributed by atoms with Crippen LogP contribution in [0.15, 0.2) is 24.3 Å². The zero-order chi connectivity index (χ0) is 17.2. The normalized spacial score (nSPS) is 13.6. The van der Waals surface area contributed by atoms with Crippen LogP contribution in [0.4, 0.5) is 0 Å². The van der Waals surface area contributed by atoms with Gasteiger partial charge >= 0.3 is 0 Å². The number of H-pyrrole nitrogens is 1. The molecule has 2 N–H and O–H groups in total. The zero-order valence-corrected chi connectivity index (χ0v) is 14.3. The number of aromatic amines is 1. The minimum atomic E-state index is -0.174. The minimum Gasteiger partial charge on any atom is -0.350 e. The first-order valence-electron chi connectivity index (χ1n) is 8.79. The third-order valence-corrected chi connectivity index (χ3v) is 4.76. The number of carbonyl (C=O) groups excluding carboxylic acids is 1. The molecule has 2 heterocycles. The predicted molar refractivity (Wildman–Crippen MR) is 95.5 cm³/mol. The molecule has 25 heavy (non-hydrogen) atoms. The third kappa shape index (κ3) is 3.12. The van der Waals surface area contributed by atoms with Gasteiger partial charge in [-0.05, 0) is 44.2 Å². The highest BCUT2D eigenvalue weighted by Crippen LogP contribution is 2.21. The van der Waals surface area contributed by atoms with Crippen LogP contribution in [0.25, 0.3) is 10.9 Å². The number of amides is 1. The average molecular weight is 335 g/mol. The lowest BCUT2D eigenvalue weighted by Crippen LogP contribution is -2.27. The molecule has 6 heteroatoms. The van der Waals surface area contributed by atoms with Crippen LogP contribution in [0.5, 0.6) is 0 Å². The molecule has 4 rings (SSSR count). The summed E-state index contributed by atoms with van der Waals surface area (Å²) in [5, 5.41) is 10.8. The zero-order valence-electron chi connectivity index (χ0n) is 14.3. The van der Waals surface area contributed by atoms with E-state index < -0.39 is 0 Å². The van der Waals surface area contributed by atoms with Crippen molar-refractivity contribution in [3.63, 3.8) is 0 Å². The van der Waals surface area contributed by atoms with Gasteiger partial charge in [0.2, 0.25) is 0 Å². The Morgan fingerprint density at radius 2 is 2.04 bits per heavy atom. The lowest BCUT2D eigenvalue weighted by Gasteiger charge is -2.17. The van der Waals surface area contributed by atoms with Gasteiger partial charge in [0.15, 0.2) is 5.69 Å². The van der Waals surface area contributed by atoms with Gasteiger partial charge in [0, 0.05) is 29.7 Å². The van der Waals surface area contributed by atoms with Crippen molar-refractivity contribution < 1.29 is 4.79 Å². The van der Waals surface area contributed by atoms with E-state index in [9.17, 15) is 4.79 Å². The van der Waals surface area contributed by atoms with Gasteiger partial charge in [-0.1, -0.05) is 18.2 Å². The molecule has 6 nitrogen and oxygen atoms in total. The maximum atomic E-state index is 12.4. The summed E-state index contributed by atoms with van der Waals surface area (Å²) in [7, 11) is 0. The summed E-state index contributed by atoms with van der Waals surface area (Å²) in [6.07, 6.45) is 5.18. The van der Waals surface area contributed by atoms with E-state index in [1.165, 1.54) is 24.1 Å². The van der Waals surface area contributed by atoms with Crippen molar-refractivity contribution in [1.82, 2.24) is 25.5 Å². The van der Waals surface area contributed by atoms with Crippen molar-refractivity contribution in [3.05, 3.63) is 52.7 Å². The molecule has 0 saturated heterocycles. The standard InChI is InChI=1S/C19H21N5O/c1-12-13-6-2-4-8-15(13)22-17(21-12)10-11-20-19(25)18-14-7-3-5-9-16(14)23-24-18/h3,5,7,9H,2,4,6,8,10-11H2,1H3,(H,20,25)(H,23,24). The van der Waals surface area contributed by atoms with E-state index in [1.54, 1.807) is 0 Å². The van der Waals surface area contributed by atoms with Crippen LogP contribution in [-0.4, -0.2) is 32.6 Å². The number of nitrogens with one attached hydrogen (secondary N) is 2. The Balaban J connectivity index is 1.42. The topological polar surface area (TPSA) is 83.6 Å². The number of rotatable bonds is 4. The monoisotopic (exact) mass is 335 g/mol. The van der Waals surface area contributed by atoms with E-state index in [1.807, 2.05) is 24.3 Å². The number of aromatic nitrogens is 4. The van der Waals surface area contributed by atoms with Gasteiger partial charge in [0.1, 0.15) is 5.82 Å². The average Bonchev–Trinajstić information content (AvgIpc) is 3.06. The number of hydrogen-bond donors (Lipinski definition) is 2. The summed E-state index contributed by atoms with van der Waals surface area (Å²) >= 11 is 0. The number of nitrogens with zero attached hydrogens (tertiary/aromatic N) is 3. The smallest absolute Gasteiger partial charge is 0.272 e. The molecule has 1 aliphatic rings. The van der Waals surface area contributed by atoms with Gasteiger partial charge in [-0.2, -0.15) is 5.10 Å². The maximum absolute atomic E-state index is 12.4. The van der Waals surface area contributed by atoms with Crippen LogP contribution in [0.2, 0.25) is 0 Å². The molecule has 0 fully saturated rings. The summed E-state index contributed by atoms with van der Waals surface area (Å²) in [6, 6.07) is 7.61. The van der Waals surface area contributed by atoms with E-state index >= 15 is 0 Å². The second kappa shape index (κ2) is 6.63. The quantitative estimate of drug-likeness (QED) is 0.767. The van der Waals surface area contributed by atoms with Gasteiger partial charge in [0.25, 0.3) is 5.91 Å². The molecule has 0 unspecified atom stereocenters. The van der Waals surface area contributed by atoms with E-state index in [4.69, 9.17) is 4.98 Å². The molecule has 0 radical (unpaired) electrons. The second-order valence-electron chi connectivity index (χ2n) is 6.48. The highest BCUT2D eigenvalue weighted by molar-refractivity contribution is 6.04. The molecular weight excluding hydrogens is 314 g/mol. The van der Waals surface area contributed by atoms with Crippen LogP contribution in [0, 0.1) is 6.92 Å². The number of aryl methyl sites for hydroxylation is 2. The highest BCUT2D eigenvalue weighted by Gasteiger charge is 2.16. The molecule has 0 atom stereocenters. The molecule has 0 aliphatic heterocycles. The molecule has 1 aromatic carbocycles. The van der Waals surface area contributed by atoms with Crippen LogP contribution in [0.1, 0.15) is 46.1 Å². The number of hydrogen-bond acceptors (Lipinski definition) is 4. The lowest BCUT2D eigenvalue weighted by molar-refractivity contribution is 0.0950. The lowest BCUT2D eigenvalue weighted by atomic mass is 9.95. The van der Waals surface area contributed by atoms with Crippen molar-refractivity contribution in [3.8, 4) is 0 Å². The largest absolute Gasteiger partial charge is 0.350 e. The predicted octanol–water partition coefficient (Wildman–Crippen LogP) is 2.51. The van der Waals surface area contributed by atoms with Crippen molar-refractivity contribution >= 4 is 16.8 Å². The second-order valence-corrected chi connectivity index (χ2v) is 6.48. The Labute approximate surface area is 146 Å². The summed E-state index contributed by atoms with van der Waals surface area (Å²) in [4.78, 5) is 21.7. The van der Waals surface area contributed by atoms with Gasteiger partial charge in [0.05, 0.1) is 5.52 Å². The molecule has 1 amide bonds. The fourth-order valence-corrected chi connectivity index (χ4v) is 3.46. The first kappa shape index (κ1) is 15.7. The Morgan fingerprint density at radius 3 is 2.96 bits per heavy atom. The fourth-order valence-electron chi connectivity index (χ4n) is 3.46. The first-order chi connectivity index (χ1) is 12.2. The van der Waals surface area contributed by atoms with Gasteiger partial charge in [-0.3, -0.25) is 9.89 Å². The van der Waals surface area contributed by atoms with Crippen LogP contribution >= 0.6 is 0 Å². The number of benzene rings is 1. The number of para-hydroxylation sites is 1. The Hall–Kier alpha value is -2.76. The van der Waals surface area contributed by atoms with Crippen molar-refractivity contribution in [2.45, 2.75) is 39.0 Å². The van der Waals surface area contributed by atoms with Crippen molar-refractivity contribution in [2.75, 3.05) is 6.54 Å². The number of fused-ring (bicyclic) bond motifs is 2. The van der Waals surface area contributed by atoms with Crippen LogP contribution in [0.3, 0.4) is 0 Å². The van der Waals surface area contributed by atoms with E-state index in [2.05, 4.69) is 27.4 Å². The molecule has 2 aromatic heterocycles. The Bertz CT molecular complexity index is 931. The number of carbonyl (C=O) groups is 1. The summed E-state index contributed by atoms with van der Waals surface area (Å²) in [5.74, 6) is 0.637. The summed E-state index contributed by atoms with van der Waals surface area (Å²) in [6.45, 7) is 2.56. The highest BCUT2D eigenvalue weighted by atomic mass is 16.1. The van der Waals surface area contributed by atoms with Crippen LogP contribution < -0.4 is 5.32 Å². The molecule has 0 saturated carbocycles. The minimum absolute atomic E-state index is 0.174. The SMILES string of the molecule is Cc1nc(CCNC(=O)c2n[nH]c3ccccc23)nc2c1CCCC2. The maximum Gasteiger partial charge on any atom is 0.272 e. The van der Waals surface area contributed by atoms with Gasteiger partial charge in [-0.15, -0.1) is 0 Å². The van der Waals surface area contributed by atoms with Crippen molar-refractivity contribution in [2.24, 2.45) is 0 Å². The molecule has 1 aliphatic carbocycles. The molecule has 0 spiro atoms. The molecule has 0 bridgehead atoms. The molecular formula is C19H21N5O. The fraction of sp³-hybridized carbons (Fsp3) is 0.368. The summed E-state index contributed by atoms with van der Waals surface area (Å²) < 4.78 is 0. The Kier molecular flexibility index (Phi) is 4.17. The van der Waals surface area contributed by atoms with Crippen LogP contribution in [-0.2, 0) is 19.3 Å². The Morgan fingerprint density at radius 1 is 1.20 bits per heavy atom. The molecule has 128 valence electrons. The van der Waals surface area contributed by atoms with E-state index in [-0.39, 0.29) is 5.91 Å². The van der Waals surface area contributed by atoms with E-state index in [0.717, 1.165) is 35.3 Å².